The Hall–Kier alpha value is -1.51. The molecule has 0 aromatic heterocycles. The van der Waals surface area contributed by atoms with Crippen LogP contribution in [0.1, 0.15) is 36.5 Å². The van der Waals surface area contributed by atoms with Gasteiger partial charge in [-0.3, -0.25) is 0 Å². The van der Waals surface area contributed by atoms with Gasteiger partial charge in [-0.15, -0.1) is 0 Å². The first kappa shape index (κ1) is 12.0. The van der Waals surface area contributed by atoms with E-state index in [2.05, 4.69) is 11.0 Å². The molecule has 1 fully saturated rings. The van der Waals surface area contributed by atoms with E-state index >= 15 is 0 Å². The second-order valence-electron chi connectivity index (χ2n) is 4.32. The summed E-state index contributed by atoms with van der Waals surface area (Å²) < 4.78 is 5.01. The first-order valence-electron chi connectivity index (χ1n) is 6.33. The zero-order valence-electron chi connectivity index (χ0n) is 10.3. The van der Waals surface area contributed by atoms with E-state index in [-0.39, 0.29) is 5.97 Å². The summed E-state index contributed by atoms with van der Waals surface area (Å²) in [5.74, 6) is -0.230. The molecule has 0 N–H and O–H groups in total. The Labute approximate surface area is 102 Å². The fraction of sp³-hybridized carbons (Fsp3) is 0.500. The molecular weight excluding hydrogens is 214 g/mol. The van der Waals surface area contributed by atoms with Gasteiger partial charge in [0.05, 0.1) is 12.2 Å². The van der Waals surface area contributed by atoms with Crippen LogP contribution in [0.2, 0.25) is 0 Å². The first-order chi connectivity index (χ1) is 8.31. The molecule has 17 heavy (non-hydrogen) atoms. The van der Waals surface area contributed by atoms with E-state index in [1.807, 2.05) is 25.1 Å². The molecule has 3 nitrogen and oxygen atoms in total. The quantitative estimate of drug-likeness (QED) is 0.752. The number of carbonyl (C=O) groups is 1. The standard InChI is InChI=1S/C14H19NO2/c1-2-17-14(16)12-7-6-8-13(11-12)15-9-4-3-5-10-15/h6-8,11H,2-5,9-10H2,1H3. The third kappa shape index (κ3) is 2.99. The largest absolute Gasteiger partial charge is 0.462 e. The predicted molar refractivity (Wildman–Crippen MR) is 68.5 cm³/mol. The van der Waals surface area contributed by atoms with Crippen LogP contribution in [-0.4, -0.2) is 25.7 Å². The minimum atomic E-state index is -0.230. The van der Waals surface area contributed by atoms with Crippen molar-refractivity contribution in [3.63, 3.8) is 0 Å². The van der Waals surface area contributed by atoms with Crippen LogP contribution < -0.4 is 4.90 Å². The predicted octanol–water partition coefficient (Wildman–Crippen LogP) is 2.85. The minimum absolute atomic E-state index is 0.230. The number of carbonyl (C=O) groups excluding carboxylic acids is 1. The van der Waals surface area contributed by atoms with Crippen LogP contribution in [0.25, 0.3) is 0 Å². The van der Waals surface area contributed by atoms with Gasteiger partial charge in [-0.1, -0.05) is 6.07 Å². The highest BCUT2D eigenvalue weighted by Crippen LogP contribution is 2.21. The molecule has 3 heteroatoms. The fourth-order valence-electron chi connectivity index (χ4n) is 2.20. The molecular formula is C14H19NO2. The summed E-state index contributed by atoms with van der Waals surface area (Å²) in [6, 6.07) is 7.74. The van der Waals surface area contributed by atoms with Crippen LogP contribution in [0.5, 0.6) is 0 Å². The second kappa shape index (κ2) is 5.71. The summed E-state index contributed by atoms with van der Waals surface area (Å²) in [4.78, 5) is 14.0. The van der Waals surface area contributed by atoms with E-state index in [9.17, 15) is 4.79 Å². The van der Waals surface area contributed by atoms with Gasteiger partial charge in [0.15, 0.2) is 0 Å². The lowest BCUT2D eigenvalue weighted by atomic mass is 10.1. The molecule has 1 saturated heterocycles. The summed E-state index contributed by atoms with van der Waals surface area (Å²) in [6.07, 6.45) is 3.79. The highest BCUT2D eigenvalue weighted by Gasteiger charge is 2.13. The molecule has 0 saturated carbocycles. The summed E-state index contributed by atoms with van der Waals surface area (Å²) >= 11 is 0. The van der Waals surface area contributed by atoms with Crippen LogP contribution in [0.15, 0.2) is 24.3 Å². The number of nitrogens with zero attached hydrogens (tertiary/aromatic N) is 1. The highest BCUT2D eigenvalue weighted by atomic mass is 16.5. The number of hydrogen-bond acceptors (Lipinski definition) is 3. The molecule has 0 unspecified atom stereocenters. The minimum Gasteiger partial charge on any atom is -0.462 e. The molecule has 2 rings (SSSR count). The maximum absolute atomic E-state index is 11.6. The molecule has 0 amide bonds. The molecule has 0 spiro atoms. The third-order valence-corrected chi connectivity index (χ3v) is 3.08. The lowest BCUT2D eigenvalue weighted by molar-refractivity contribution is 0.0526. The van der Waals surface area contributed by atoms with E-state index in [1.54, 1.807) is 0 Å². The van der Waals surface area contributed by atoms with Gasteiger partial charge in [0.25, 0.3) is 0 Å². The topological polar surface area (TPSA) is 29.5 Å². The van der Waals surface area contributed by atoms with E-state index < -0.39 is 0 Å². The van der Waals surface area contributed by atoms with E-state index in [1.165, 1.54) is 19.3 Å². The zero-order valence-corrected chi connectivity index (χ0v) is 10.3. The molecule has 1 heterocycles. The van der Waals surface area contributed by atoms with Crippen molar-refractivity contribution < 1.29 is 9.53 Å². The van der Waals surface area contributed by atoms with E-state index in [0.717, 1.165) is 18.8 Å². The van der Waals surface area contributed by atoms with Crippen molar-refractivity contribution in [3.8, 4) is 0 Å². The fourth-order valence-corrected chi connectivity index (χ4v) is 2.20. The van der Waals surface area contributed by atoms with Crippen molar-refractivity contribution in [1.82, 2.24) is 0 Å². The molecule has 1 aliphatic heterocycles. The zero-order chi connectivity index (χ0) is 12.1. The molecule has 92 valence electrons. The van der Waals surface area contributed by atoms with E-state index in [4.69, 9.17) is 4.74 Å². The lowest BCUT2D eigenvalue weighted by Crippen LogP contribution is -2.29. The smallest absolute Gasteiger partial charge is 0.338 e. The van der Waals surface area contributed by atoms with Gasteiger partial charge in [0.2, 0.25) is 0 Å². The first-order valence-corrected chi connectivity index (χ1v) is 6.33. The van der Waals surface area contributed by atoms with Gasteiger partial charge in [0.1, 0.15) is 0 Å². The Kier molecular flexibility index (Phi) is 4.02. The van der Waals surface area contributed by atoms with Gasteiger partial charge in [-0.25, -0.2) is 4.79 Å². The lowest BCUT2D eigenvalue weighted by Gasteiger charge is -2.29. The average Bonchev–Trinajstić information content (AvgIpc) is 2.40. The third-order valence-electron chi connectivity index (χ3n) is 3.08. The summed E-state index contributed by atoms with van der Waals surface area (Å²) in [6.45, 7) is 4.43. The molecule has 1 aromatic rings. The van der Waals surface area contributed by atoms with Gasteiger partial charge in [0, 0.05) is 18.8 Å². The number of anilines is 1. The van der Waals surface area contributed by atoms with Crippen LogP contribution in [-0.2, 0) is 4.74 Å². The normalized spacial score (nSPS) is 15.7. The van der Waals surface area contributed by atoms with Crippen LogP contribution in [0, 0.1) is 0 Å². The average molecular weight is 233 g/mol. The van der Waals surface area contributed by atoms with Crippen molar-refractivity contribution in [2.24, 2.45) is 0 Å². The summed E-state index contributed by atoms with van der Waals surface area (Å²) in [7, 11) is 0. The van der Waals surface area contributed by atoms with Crippen molar-refractivity contribution >= 4 is 11.7 Å². The molecule has 1 aromatic carbocycles. The Morgan fingerprint density at radius 1 is 1.29 bits per heavy atom. The molecule has 0 aliphatic carbocycles. The van der Waals surface area contributed by atoms with Gasteiger partial charge in [-0.2, -0.15) is 0 Å². The van der Waals surface area contributed by atoms with Gasteiger partial charge < -0.3 is 9.64 Å². The number of hydrogen-bond donors (Lipinski definition) is 0. The Morgan fingerprint density at radius 3 is 2.76 bits per heavy atom. The van der Waals surface area contributed by atoms with Crippen LogP contribution in [0.4, 0.5) is 5.69 Å². The second-order valence-corrected chi connectivity index (χ2v) is 4.32. The molecule has 0 radical (unpaired) electrons. The number of benzene rings is 1. The number of esters is 1. The molecule has 0 atom stereocenters. The maximum atomic E-state index is 11.6. The number of ether oxygens (including phenoxy) is 1. The Morgan fingerprint density at radius 2 is 2.06 bits per heavy atom. The van der Waals surface area contributed by atoms with Crippen molar-refractivity contribution in [2.75, 3.05) is 24.6 Å². The summed E-state index contributed by atoms with van der Waals surface area (Å²) in [5.41, 5.74) is 1.78. The Bertz CT molecular complexity index is 384. The monoisotopic (exact) mass is 233 g/mol. The van der Waals surface area contributed by atoms with Gasteiger partial charge >= 0.3 is 5.97 Å². The van der Waals surface area contributed by atoms with Crippen molar-refractivity contribution in [2.45, 2.75) is 26.2 Å². The van der Waals surface area contributed by atoms with Crippen molar-refractivity contribution in [1.29, 1.82) is 0 Å². The van der Waals surface area contributed by atoms with Crippen LogP contribution in [0.3, 0.4) is 0 Å². The van der Waals surface area contributed by atoms with Crippen molar-refractivity contribution in [3.05, 3.63) is 29.8 Å². The van der Waals surface area contributed by atoms with Gasteiger partial charge in [-0.05, 0) is 44.4 Å². The summed E-state index contributed by atoms with van der Waals surface area (Å²) in [5, 5.41) is 0. The number of rotatable bonds is 3. The van der Waals surface area contributed by atoms with Crippen LogP contribution >= 0.6 is 0 Å². The number of piperidine rings is 1. The van der Waals surface area contributed by atoms with E-state index in [0.29, 0.717) is 12.2 Å². The SMILES string of the molecule is CCOC(=O)c1cccc(N2CCCCC2)c1. The molecule has 1 aliphatic rings. The Balaban J connectivity index is 2.12. The molecule has 0 bridgehead atoms. The highest BCUT2D eigenvalue weighted by molar-refractivity contribution is 5.90. The maximum Gasteiger partial charge on any atom is 0.338 e.